The maximum Gasteiger partial charge on any atom is 0.407 e. The van der Waals surface area contributed by atoms with Crippen molar-refractivity contribution in [3.05, 3.63) is 64.0 Å². The summed E-state index contributed by atoms with van der Waals surface area (Å²) in [6.07, 6.45) is -3.18. The van der Waals surface area contributed by atoms with Crippen molar-refractivity contribution in [2.75, 3.05) is 14.2 Å². The summed E-state index contributed by atoms with van der Waals surface area (Å²) in [7, 11) is 3.81. The van der Waals surface area contributed by atoms with Gasteiger partial charge in [0.2, 0.25) is 5.78 Å². The second kappa shape index (κ2) is 9.79. The summed E-state index contributed by atoms with van der Waals surface area (Å²) >= 11 is 0. The molecule has 0 unspecified atom stereocenters. The highest BCUT2D eigenvalue weighted by molar-refractivity contribution is 5.82. The molecule has 3 N–H and O–H groups in total. The van der Waals surface area contributed by atoms with Gasteiger partial charge in [0, 0.05) is 13.6 Å². The summed E-state index contributed by atoms with van der Waals surface area (Å²) in [5, 5.41) is 24.1. The van der Waals surface area contributed by atoms with Crippen LogP contribution < -0.4 is 10.9 Å². The number of fused-ring (bicyclic) bond motifs is 2. The number of alkyl carbamates (subject to hydrolysis) is 1. The SMILES string of the molecule is COC(=O)N[C@H](C(=O)OC)[C@H](O)[C@@H](O)c1c(C)nc2n(C)c3ncn(Cc4ccccc4)c3c(=O)n12. The van der Waals surface area contributed by atoms with E-state index in [1.165, 1.54) is 4.40 Å². The lowest BCUT2D eigenvalue weighted by molar-refractivity contribution is -0.148. The largest absolute Gasteiger partial charge is 0.467 e. The predicted molar refractivity (Wildman–Crippen MR) is 126 cm³/mol. The summed E-state index contributed by atoms with van der Waals surface area (Å²) in [5.74, 6) is -0.846. The molecule has 0 aliphatic carbocycles. The molecule has 0 bridgehead atoms. The molecule has 36 heavy (non-hydrogen) atoms. The van der Waals surface area contributed by atoms with E-state index in [1.807, 2.05) is 30.3 Å². The monoisotopic (exact) mass is 498 g/mol. The van der Waals surface area contributed by atoms with Gasteiger partial charge in [-0.05, 0) is 12.5 Å². The Morgan fingerprint density at radius 2 is 1.83 bits per heavy atom. The van der Waals surface area contributed by atoms with E-state index in [1.54, 1.807) is 29.4 Å². The number of aliphatic hydroxyl groups is 2. The lowest BCUT2D eigenvalue weighted by Crippen LogP contribution is -2.51. The number of carbonyl (C=O) groups is 2. The predicted octanol–water partition coefficient (Wildman–Crippen LogP) is 0.0313. The van der Waals surface area contributed by atoms with E-state index in [2.05, 4.69) is 24.8 Å². The molecule has 4 rings (SSSR count). The Morgan fingerprint density at radius 3 is 2.47 bits per heavy atom. The van der Waals surface area contributed by atoms with E-state index >= 15 is 0 Å². The molecule has 13 nitrogen and oxygen atoms in total. The van der Waals surface area contributed by atoms with Gasteiger partial charge in [-0.15, -0.1) is 0 Å². The van der Waals surface area contributed by atoms with E-state index in [0.717, 1.165) is 19.8 Å². The van der Waals surface area contributed by atoms with Gasteiger partial charge in [0.05, 0.1) is 31.9 Å². The smallest absolute Gasteiger partial charge is 0.407 e. The first-order valence-corrected chi connectivity index (χ1v) is 10.9. The van der Waals surface area contributed by atoms with Crippen LogP contribution in [0.25, 0.3) is 16.9 Å². The van der Waals surface area contributed by atoms with Gasteiger partial charge in [-0.25, -0.2) is 24.0 Å². The molecule has 0 radical (unpaired) electrons. The van der Waals surface area contributed by atoms with E-state index in [4.69, 9.17) is 0 Å². The number of aromatic nitrogens is 5. The van der Waals surface area contributed by atoms with Gasteiger partial charge < -0.3 is 29.6 Å². The first kappa shape index (κ1) is 24.9. The van der Waals surface area contributed by atoms with Crippen LogP contribution in [0, 0.1) is 6.92 Å². The molecule has 0 spiro atoms. The maximum absolute atomic E-state index is 13.7. The third kappa shape index (κ3) is 4.18. The maximum atomic E-state index is 13.7. The number of rotatable bonds is 7. The summed E-state index contributed by atoms with van der Waals surface area (Å²) < 4.78 is 13.6. The molecule has 0 saturated carbocycles. The summed E-state index contributed by atoms with van der Waals surface area (Å²) in [6, 6.07) is 7.83. The van der Waals surface area contributed by atoms with E-state index in [9.17, 15) is 24.6 Å². The highest BCUT2D eigenvalue weighted by Gasteiger charge is 2.38. The van der Waals surface area contributed by atoms with Crippen molar-refractivity contribution in [3.63, 3.8) is 0 Å². The average molecular weight is 498 g/mol. The summed E-state index contributed by atoms with van der Waals surface area (Å²) in [6.45, 7) is 1.93. The molecule has 4 aromatic rings. The number of aryl methyl sites for hydroxylation is 2. The number of aliphatic hydroxyl groups excluding tert-OH is 2. The molecule has 0 fully saturated rings. The van der Waals surface area contributed by atoms with Gasteiger partial charge in [-0.3, -0.25) is 9.36 Å². The van der Waals surface area contributed by atoms with Crippen molar-refractivity contribution in [2.45, 2.75) is 31.7 Å². The fourth-order valence-corrected chi connectivity index (χ4v) is 4.18. The molecule has 1 amide bonds. The average Bonchev–Trinajstić information content (AvgIpc) is 3.46. The molecule has 190 valence electrons. The van der Waals surface area contributed by atoms with Crippen LogP contribution >= 0.6 is 0 Å². The Kier molecular flexibility index (Phi) is 6.77. The second-order valence-corrected chi connectivity index (χ2v) is 8.18. The van der Waals surface area contributed by atoms with E-state index < -0.39 is 35.9 Å². The molecule has 0 aliphatic rings. The molecule has 1 aromatic carbocycles. The van der Waals surface area contributed by atoms with Gasteiger partial charge in [0.15, 0.2) is 17.2 Å². The standard InChI is InChI=1S/C23H26N6O7/c1-12-15(18(31)17(30)14(21(33)35-3)26-23(34)36-4)29-20(32)16-19(27(2)22(29)25-12)24-11-28(16)10-13-8-6-5-7-9-13/h5-9,11,14,17-18,30-31H,10H2,1-4H3,(H,26,34)/t14-,17-,18-/m0/s1. The highest BCUT2D eigenvalue weighted by atomic mass is 16.5. The first-order chi connectivity index (χ1) is 17.2. The Morgan fingerprint density at radius 1 is 1.14 bits per heavy atom. The number of ether oxygens (including phenoxy) is 2. The highest BCUT2D eigenvalue weighted by Crippen LogP contribution is 2.25. The molecule has 3 aromatic heterocycles. The minimum atomic E-state index is -1.90. The molecular weight excluding hydrogens is 472 g/mol. The van der Waals surface area contributed by atoms with Crippen LogP contribution in [-0.2, 0) is 27.9 Å². The fraction of sp³-hybridized carbons (Fsp3) is 0.348. The third-order valence-corrected chi connectivity index (χ3v) is 5.98. The minimum absolute atomic E-state index is 0.0481. The second-order valence-electron chi connectivity index (χ2n) is 8.18. The number of hydrogen-bond donors (Lipinski definition) is 3. The zero-order valence-corrected chi connectivity index (χ0v) is 20.1. The molecule has 13 heteroatoms. The van der Waals surface area contributed by atoms with Crippen LogP contribution in [0.1, 0.15) is 23.1 Å². The van der Waals surface area contributed by atoms with Crippen molar-refractivity contribution in [1.29, 1.82) is 0 Å². The van der Waals surface area contributed by atoms with Gasteiger partial charge >= 0.3 is 12.1 Å². The van der Waals surface area contributed by atoms with Crippen LogP contribution in [0.4, 0.5) is 4.79 Å². The van der Waals surface area contributed by atoms with Crippen LogP contribution in [0.2, 0.25) is 0 Å². The van der Waals surface area contributed by atoms with Gasteiger partial charge in [-0.1, -0.05) is 30.3 Å². The molecule has 3 atom stereocenters. The zero-order chi connectivity index (χ0) is 26.1. The Bertz CT molecular complexity index is 1490. The number of carbonyl (C=O) groups excluding carboxylic acids is 2. The number of nitrogens with zero attached hydrogens (tertiary/aromatic N) is 5. The first-order valence-electron chi connectivity index (χ1n) is 10.9. The molecular formula is C23H26N6O7. The van der Waals surface area contributed by atoms with Crippen LogP contribution in [0.15, 0.2) is 41.5 Å². The van der Waals surface area contributed by atoms with Gasteiger partial charge in [0.25, 0.3) is 5.56 Å². The van der Waals surface area contributed by atoms with Crippen LogP contribution in [0.5, 0.6) is 0 Å². The van der Waals surface area contributed by atoms with Crippen LogP contribution in [0.3, 0.4) is 0 Å². The Labute approximate surface area is 204 Å². The normalized spacial score (nSPS) is 13.9. The number of esters is 1. The minimum Gasteiger partial charge on any atom is -0.467 e. The third-order valence-electron chi connectivity index (χ3n) is 5.98. The van der Waals surface area contributed by atoms with Crippen molar-refractivity contribution >= 4 is 29.0 Å². The summed E-state index contributed by atoms with van der Waals surface area (Å²) in [4.78, 5) is 46.5. The quantitative estimate of drug-likeness (QED) is 0.298. The lowest BCUT2D eigenvalue weighted by Gasteiger charge is -2.25. The number of hydrogen-bond acceptors (Lipinski definition) is 9. The Balaban J connectivity index is 1.86. The number of methoxy groups -OCH3 is 2. The lowest BCUT2D eigenvalue weighted by atomic mass is 10.0. The van der Waals surface area contributed by atoms with Gasteiger partial charge in [0.1, 0.15) is 12.2 Å². The van der Waals surface area contributed by atoms with E-state index in [-0.39, 0.29) is 22.7 Å². The van der Waals surface area contributed by atoms with Crippen molar-refractivity contribution in [3.8, 4) is 0 Å². The Hall–Kier alpha value is -4.23. The number of nitrogens with one attached hydrogen (secondary N) is 1. The van der Waals surface area contributed by atoms with Crippen LogP contribution in [-0.4, -0.2) is 72.1 Å². The fourth-order valence-electron chi connectivity index (χ4n) is 4.18. The molecule has 0 aliphatic heterocycles. The number of benzene rings is 1. The summed E-state index contributed by atoms with van der Waals surface area (Å²) in [5.41, 5.74) is 1.25. The van der Waals surface area contributed by atoms with E-state index in [0.29, 0.717) is 12.2 Å². The van der Waals surface area contributed by atoms with Gasteiger partial charge in [-0.2, -0.15) is 0 Å². The van der Waals surface area contributed by atoms with Crippen molar-refractivity contribution < 1.29 is 29.3 Å². The number of imidazole rings is 2. The topological polar surface area (TPSA) is 162 Å². The molecule has 0 saturated heterocycles. The molecule has 3 heterocycles. The van der Waals surface area contributed by atoms with Crippen molar-refractivity contribution in [1.82, 2.24) is 28.8 Å². The zero-order valence-electron chi connectivity index (χ0n) is 20.1. The number of amides is 1. The van der Waals surface area contributed by atoms with Crippen molar-refractivity contribution in [2.24, 2.45) is 7.05 Å².